The Balaban J connectivity index is 1.78. The van der Waals surface area contributed by atoms with Gasteiger partial charge in [-0.05, 0) is 42.3 Å². The third kappa shape index (κ3) is 3.70. The molecule has 0 aliphatic carbocycles. The minimum Gasteiger partial charge on any atom is -0.387 e. The van der Waals surface area contributed by atoms with E-state index in [4.69, 9.17) is 11.6 Å². The van der Waals surface area contributed by atoms with Crippen LogP contribution in [0.5, 0.6) is 0 Å². The van der Waals surface area contributed by atoms with Crippen molar-refractivity contribution in [3.63, 3.8) is 0 Å². The molecule has 148 valence electrons. The SMILES string of the molecule is CC1(c2ccc(Cl)cc2)NC(=O)N(CC(O)c2ccc(C(F)(F)F)cc2)C1=O. The van der Waals surface area contributed by atoms with Crippen molar-refractivity contribution in [2.24, 2.45) is 0 Å². The number of carbonyl (C=O) groups is 2. The van der Waals surface area contributed by atoms with Crippen LogP contribution in [0.1, 0.15) is 29.7 Å². The molecule has 0 bridgehead atoms. The van der Waals surface area contributed by atoms with Gasteiger partial charge in [0.25, 0.3) is 5.91 Å². The fourth-order valence-electron chi connectivity index (χ4n) is 3.01. The molecule has 2 atom stereocenters. The highest BCUT2D eigenvalue weighted by molar-refractivity contribution is 6.30. The molecule has 28 heavy (non-hydrogen) atoms. The highest BCUT2D eigenvalue weighted by Gasteiger charge is 2.49. The van der Waals surface area contributed by atoms with Crippen LogP contribution in [0.3, 0.4) is 0 Å². The Labute approximate surface area is 163 Å². The van der Waals surface area contributed by atoms with Crippen LogP contribution in [-0.2, 0) is 16.5 Å². The van der Waals surface area contributed by atoms with E-state index in [9.17, 15) is 27.9 Å². The predicted molar refractivity (Wildman–Crippen MR) is 95.5 cm³/mol. The van der Waals surface area contributed by atoms with Crippen LogP contribution in [0.2, 0.25) is 5.02 Å². The number of benzene rings is 2. The Morgan fingerprint density at radius 3 is 2.21 bits per heavy atom. The number of imide groups is 1. The van der Waals surface area contributed by atoms with Crippen LogP contribution >= 0.6 is 11.6 Å². The zero-order valence-corrected chi connectivity index (χ0v) is 15.4. The Morgan fingerprint density at radius 1 is 1.11 bits per heavy atom. The summed E-state index contributed by atoms with van der Waals surface area (Å²) in [5.74, 6) is -0.578. The van der Waals surface area contributed by atoms with Gasteiger partial charge in [0.1, 0.15) is 5.54 Å². The van der Waals surface area contributed by atoms with E-state index < -0.39 is 35.3 Å². The van der Waals surface area contributed by atoms with E-state index in [-0.39, 0.29) is 12.1 Å². The molecule has 5 nitrogen and oxygen atoms in total. The van der Waals surface area contributed by atoms with Gasteiger partial charge in [0.05, 0.1) is 18.2 Å². The first kappa shape index (κ1) is 20.2. The smallest absolute Gasteiger partial charge is 0.387 e. The van der Waals surface area contributed by atoms with Gasteiger partial charge in [-0.2, -0.15) is 13.2 Å². The molecule has 0 spiro atoms. The molecular weight excluding hydrogens is 397 g/mol. The molecule has 3 rings (SSSR count). The van der Waals surface area contributed by atoms with Crippen LogP contribution < -0.4 is 5.32 Å². The van der Waals surface area contributed by atoms with Gasteiger partial charge < -0.3 is 10.4 Å². The third-order valence-electron chi connectivity index (χ3n) is 4.67. The lowest BCUT2D eigenvalue weighted by atomic mass is 9.92. The van der Waals surface area contributed by atoms with Crippen LogP contribution in [-0.4, -0.2) is 28.5 Å². The molecule has 0 aromatic heterocycles. The second-order valence-corrected chi connectivity index (χ2v) is 7.05. The quantitative estimate of drug-likeness (QED) is 0.749. The van der Waals surface area contributed by atoms with Crippen molar-refractivity contribution < 1.29 is 27.9 Å². The first-order valence-electron chi connectivity index (χ1n) is 8.28. The zero-order chi connectivity index (χ0) is 20.7. The van der Waals surface area contributed by atoms with Gasteiger partial charge in [-0.1, -0.05) is 35.9 Å². The monoisotopic (exact) mass is 412 g/mol. The summed E-state index contributed by atoms with van der Waals surface area (Å²) in [6.07, 6.45) is -5.82. The van der Waals surface area contributed by atoms with Crippen molar-refractivity contribution in [3.05, 3.63) is 70.2 Å². The van der Waals surface area contributed by atoms with Crippen molar-refractivity contribution in [3.8, 4) is 0 Å². The first-order chi connectivity index (χ1) is 13.0. The van der Waals surface area contributed by atoms with Gasteiger partial charge in [-0.3, -0.25) is 9.69 Å². The van der Waals surface area contributed by atoms with E-state index in [1.807, 2.05) is 0 Å². The molecule has 2 aromatic carbocycles. The third-order valence-corrected chi connectivity index (χ3v) is 4.93. The number of alkyl halides is 3. The van der Waals surface area contributed by atoms with E-state index in [0.29, 0.717) is 10.6 Å². The number of aliphatic hydroxyl groups excluding tert-OH is 1. The normalized spacial score (nSPS) is 21.0. The number of halogens is 4. The molecule has 3 amide bonds. The van der Waals surface area contributed by atoms with E-state index >= 15 is 0 Å². The number of carbonyl (C=O) groups excluding carboxylic acids is 2. The minimum absolute atomic E-state index is 0.161. The summed E-state index contributed by atoms with van der Waals surface area (Å²) in [6, 6.07) is 9.59. The maximum Gasteiger partial charge on any atom is 0.416 e. The summed E-state index contributed by atoms with van der Waals surface area (Å²) in [5, 5.41) is 13.4. The summed E-state index contributed by atoms with van der Waals surface area (Å²) >= 11 is 5.85. The summed E-state index contributed by atoms with van der Waals surface area (Å²) in [6.45, 7) is 1.14. The second-order valence-electron chi connectivity index (χ2n) is 6.61. The van der Waals surface area contributed by atoms with Crippen molar-refractivity contribution in [2.75, 3.05) is 6.54 Å². The van der Waals surface area contributed by atoms with Gasteiger partial charge in [0.15, 0.2) is 0 Å². The van der Waals surface area contributed by atoms with Crippen molar-refractivity contribution in [1.29, 1.82) is 0 Å². The molecule has 0 saturated carbocycles. The van der Waals surface area contributed by atoms with Crippen molar-refractivity contribution in [1.82, 2.24) is 10.2 Å². The molecular formula is C19H16ClF3N2O3. The number of β-amino-alcohol motifs (C(OH)–C–C–N with tert-alkyl or cyclic N) is 1. The molecule has 1 aliphatic rings. The number of amides is 3. The minimum atomic E-state index is -4.49. The van der Waals surface area contributed by atoms with Crippen LogP contribution in [0, 0.1) is 0 Å². The lowest BCUT2D eigenvalue weighted by molar-refractivity contribution is -0.137. The van der Waals surface area contributed by atoms with Gasteiger partial charge in [0.2, 0.25) is 0 Å². The molecule has 2 N–H and O–H groups in total. The van der Waals surface area contributed by atoms with Gasteiger partial charge in [-0.25, -0.2) is 4.79 Å². The Morgan fingerprint density at radius 2 is 1.68 bits per heavy atom. The van der Waals surface area contributed by atoms with E-state index in [0.717, 1.165) is 29.2 Å². The topological polar surface area (TPSA) is 69.6 Å². The lowest BCUT2D eigenvalue weighted by Crippen LogP contribution is -2.41. The standard InChI is InChI=1S/C19H16ClF3N2O3/c1-18(12-6-8-14(20)9-7-12)16(27)25(17(28)24-18)10-15(26)11-2-4-13(5-3-11)19(21,22)23/h2-9,15,26H,10H2,1H3,(H,24,28). The first-order valence-corrected chi connectivity index (χ1v) is 8.65. The molecule has 1 aliphatic heterocycles. The molecule has 0 radical (unpaired) electrons. The van der Waals surface area contributed by atoms with Gasteiger partial charge >= 0.3 is 12.2 Å². The van der Waals surface area contributed by atoms with E-state index in [1.54, 1.807) is 24.3 Å². The average Bonchev–Trinajstić information content (AvgIpc) is 2.85. The maximum atomic E-state index is 12.8. The summed E-state index contributed by atoms with van der Waals surface area (Å²) < 4.78 is 37.9. The number of nitrogens with zero attached hydrogens (tertiary/aromatic N) is 1. The molecule has 1 fully saturated rings. The van der Waals surface area contributed by atoms with Crippen molar-refractivity contribution >= 4 is 23.5 Å². The average molecular weight is 413 g/mol. The van der Waals surface area contributed by atoms with Crippen LogP contribution in [0.15, 0.2) is 48.5 Å². The zero-order valence-electron chi connectivity index (χ0n) is 14.6. The number of nitrogens with one attached hydrogen (secondary N) is 1. The van der Waals surface area contributed by atoms with E-state index in [1.165, 1.54) is 6.92 Å². The molecule has 1 saturated heterocycles. The number of aliphatic hydroxyl groups is 1. The highest BCUT2D eigenvalue weighted by Crippen LogP contribution is 2.32. The lowest BCUT2D eigenvalue weighted by Gasteiger charge is -2.23. The largest absolute Gasteiger partial charge is 0.416 e. The Kier molecular flexibility index (Phi) is 5.12. The number of hydrogen-bond acceptors (Lipinski definition) is 3. The van der Waals surface area contributed by atoms with Gasteiger partial charge in [0, 0.05) is 5.02 Å². The summed E-state index contributed by atoms with van der Waals surface area (Å²) in [4.78, 5) is 26.0. The Bertz CT molecular complexity index is 900. The molecule has 2 aromatic rings. The van der Waals surface area contributed by atoms with Gasteiger partial charge in [-0.15, -0.1) is 0 Å². The molecule has 1 heterocycles. The summed E-state index contributed by atoms with van der Waals surface area (Å²) in [5.41, 5.74) is -1.51. The second kappa shape index (κ2) is 7.10. The van der Waals surface area contributed by atoms with Crippen LogP contribution in [0.4, 0.5) is 18.0 Å². The Hall–Kier alpha value is -2.58. The molecule has 9 heteroatoms. The fourth-order valence-corrected chi connectivity index (χ4v) is 3.14. The van der Waals surface area contributed by atoms with Crippen molar-refractivity contribution in [2.45, 2.75) is 24.7 Å². The maximum absolute atomic E-state index is 12.8. The number of rotatable bonds is 4. The highest BCUT2D eigenvalue weighted by atomic mass is 35.5. The number of urea groups is 1. The fraction of sp³-hybridized carbons (Fsp3) is 0.263. The summed E-state index contributed by atoms with van der Waals surface area (Å²) in [7, 11) is 0. The number of hydrogen-bond donors (Lipinski definition) is 2. The van der Waals surface area contributed by atoms with E-state index in [2.05, 4.69) is 5.32 Å². The predicted octanol–water partition coefficient (Wildman–Crippen LogP) is 3.86. The van der Waals surface area contributed by atoms with Crippen LogP contribution in [0.25, 0.3) is 0 Å². The molecule has 2 unspecified atom stereocenters.